The summed E-state index contributed by atoms with van der Waals surface area (Å²) < 4.78 is 0. The molecule has 2 bridgehead atoms. The van der Waals surface area contributed by atoms with Gasteiger partial charge < -0.3 is 15.5 Å². The molecule has 2 N–H and O–H groups in total. The SMILES string of the molecule is CC[C@@H]1C[C@@H]2CCC[C@](C(=O)NCCCCN3CCNCC3)(C1)C2. The zero-order valence-electron chi connectivity index (χ0n) is 15.6. The number of hydrogen-bond acceptors (Lipinski definition) is 3. The second kappa shape index (κ2) is 8.66. The number of hydrogen-bond donors (Lipinski definition) is 2. The van der Waals surface area contributed by atoms with Gasteiger partial charge >= 0.3 is 0 Å². The van der Waals surface area contributed by atoms with Gasteiger partial charge in [0.15, 0.2) is 0 Å². The molecule has 3 aliphatic rings. The molecule has 1 saturated heterocycles. The van der Waals surface area contributed by atoms with E-state index in [0.29, 0.717) is 5.91 Å². The molecule has 1 heterocycles. The molecule has 2 aliphatic carbocycles. The fourth-order valence-electron chi connectivity index (χ4n) is 5.37. The predicted octanol–water partition coefficient (Wildman–Crippen LogP) is 2.78. The van der Waals surface area contributed by atoms with Gasteiger partial charge in [0.25, 0.3) is 0 Å². The Labute approximate surface area is 148 Å². The van der Waals surface area contributed by atoms with Gasteiger partial charge in [0.1, 0.15) is 0 Å². The largest absolute Gasteiger partial charge is 0.356 e. The Morgan fingerprint density at radius 2 is 2.08 bits per heavy atom. The van der Waals surface area contributed by atoms with E-state index < -0.39 is 0 Å². The van der Waals surface area contributed by atoms with Crippen molar-refractivity contribution in [1.29, 1.82) is 0 Å². The van der Waals surface area contributed by atoms with Crippen LogP contribution in [0.1, 0.15) is 64.7 Å². The maximum absolute atomic E-state index is 12.9. The Kier molecular flexibility index (Phi) is 6.56. The third-order valence-electron chi connectivity index (χ3n) is 6.75. The topological polar surface area (TPSA) is 44.4 Å². The van der Waals surface area contributed by atoms with E-state index in [1.165, 1.54) is 51.7 Å². The first-order valence-corrected chi connectivity index (χ1v) is 10.4. The van der Waals surface area contributed by atoms with Gasteiger partial charge in [-0.05, 0) is 56.9 Å². The molecule has 2 saturated carbocycles. The summed E-state index contributed by atoms with van der Waals surface area (Å²) in [4.78, 5) is 15.5. The summed E-state index contributed by atoms with van der Waals surface area (Å²) in [6.07, 6.45) is 11.0. The van der Waals surface area contributed by atoms with Crippen molar-refractivity contribution in [2.24, 2.45) is 17.3 Å². The van der Waals surface area contributed by atoms with Crippen molar-refractivity contribution >= 4 is 5.91 Å². The standard InChI is InChI=1S/C20H37N3O/c1-2-17-14-18-6-5-7-20(15-17,16-18)19(24)22-8-3-4-11-23-12-9-21-10-13-23/h17-18,21H,2-16H2,1H3,(H,22,24)/t17-,18+,20+/m1/s1. The maximum atomic E-state index is 12.9. The normalized spacial score (nSPS) is 34.0. The molecule has 0 unspecified atom stereocenters. The molecule has 1 aliphatic heterocycles. The first kappa shape index (κ1) is 18.2. The minimum atomic E-state index is -0.0135. The average molecular weight is 336 g/mol. The van der Waals surface area contributed by atoms with Crippen LogP contribution in [0.5, 0.6) is 0 Å². The highest BCUT2D eigenvalue weighted by molar-refractivity contribution is 5.82. The van der Waals surface area contributed by atoms with E-state index >= 15 is 0 Å². The van der Waals surface area contributed by atoms with Gasteiger partial charge in [-0.2, -0.15) is 0 Å². The highest BCUT2D eigenvalue weighted by Gasteiger charge is 2.47. The van der Waals surface area contributed by atoms with Crippen molar-refractivity contribution in [3.8, 4) is 0 Å². The summed E-state index contributed by atoms with van der Waals surface area (Å²) >= 11 is 0. The van der Waals surface area contributed by atoms with Crippen LogP contribution < -0.4 is 10.6 Å². The molecule has 0 radical (unpaired) electrons. The van der Waals surface area contributed by atoms with E-state index in [-0.39, 0.29) is 5.41 Å². The summed E-state index contributed by atoms with van der Waals surface area (Å²) in [6.45, 7) is 8.95. The molecule has 3 fully saturated rings. The molecule has 3 rings (SSSR count). The van der Waals surface area contributed by atoms with Gasteiger partial charge in [0, 0.05) is 38.1 Å². The number of unbranched alkanes of at least 4 members (excludes halogenated alkanes) is 1. The summed E-state index contributed by atoms with van der Waals surface area (Å²) in [5.74, 6) is 1.98. The van der Waals surface area contributed by atoms with E-state index in [1.807, 2.05) is 0 Å². The van der Waals surface area contributed by atoms with E-state index in [9.17, 15) is 4.79 Å². The molecule has 138 valence electrons. The lowest BCUT2D eigenvalue weighted by Crippen LogP contribution is -2.48. The minimum Gasteiger partial charge on any atom is -0.356 e. The average Bonchev–Trinajstić information content (AvgIpc) is 2.61. The van der Waals surface area contributed by atoms with E-state index in [2.05, 4.69) is 22.5 Å². The lowest BCUT2D eigenvalue weighted by Gasteiger charge is -2.47. The first-order chi connectivity index (χ1) is 11.7. The summed E-state index contributed by atoms with van der Waals surface area (Å²) in [5.41, 5.74) is -0.0135. The highest BCUT2D eigenvalue weighted by atomic mass is 16.2. The number of carbonyl (C=O) groups is 1. The molecule has 4 nitrogen and oxygen atoms in total. The van der Waals surface area contributed by atoms with Crippen LogP contribution in [-0.2, 0) is 4.79 Å². The summed E-state index contributed by atoms with van der Waals surface area (Å²) in [7, 11) is 0. The van der Waals surface area contributed by atoms with Gasteiger partial charge in [-0.1, -0.05) is 26.2 Å². The van der Waals surface area contributed by atoms with E-state index in [1.54, 1.807) is 0 Å². The third kappa shape index (κ3) is 4.51. The molecular formula is C20H37N3O. The van der Waals surface area contributed by atoms with Crippen molar-refractivity contribution in [1.82, 2.24) is 15.5 Å². The van der Waals surface area contributed by atoms with Crippen molar-refractivity contribution in [3.05, 3.63) is 0 Å². The van der Waals surface area contributed by atoms with Gasteiger partial charge in [0.2, 0.25) is 5.91 Å². The molecule has 0 aromatic rings. The molecular weight excluding hydrogens is 298 g/mol. The predicted molar refractivity (Wildman–Crippen MR) is 99.0 cm³/mol. The van der Waals surface area contributed by atoms with E-state index in [0.717, 1.165) is 57.2 Å². The third-order valence-corrected chi connectivity index (χ3v) is 6.75. The lowest BCUT2D eigenvalue weighted by atomic mass is 9.58. The van der Waals surface area contributed by atoms with Crippen molar-refractivity contribution in [2.45, 2.75) is 64.7 Å². The molecule has 3 atom stereocenters. The van der Waals surface area contributed by atoms with Crippen LogP contribution in [0.3, 0.4) is 0 Å². The van der Waals surface area contributed by atoms with Crippen LogP contribution in [0.15, 0.2) is 0 Å². The number of amides is 1. The quantitative estimate of drug-likeness (QED) is 0.703. The van der Waals surface area contributed by atoms with Crippen LogP contribution in [0.25, 0.3) is 0 Å². The van der Waals surface area contributed by atoms with Crippen LogP contribution in [0, 0.1) is 17.3 Å². The van der Waals surface area contributed by atoms with Crippen LogP contribution in [0.2, 0.25) is 0 Å². The molecule has 0 spiro atoms. The fraction of sp³-hybridized carbons (Fsp3) is 0.950. The summed E-state index contributed by atoms with van der Waals surface area (Å²) in [6, 6.07) is 0. The number of rotatable bonds is 7. The van der Waals surface area contributed by atoms with Crippen LogP contribution >= 0.6 is 0 Å². The van der Waals surface area contributed by atoms with Gasteiger partial charge in [-0.25, -0.2) is 0 Å². The van der Waals surface area contributed by atoms with Crippen molar-refractivity contribution in [3.63, 3.8) is 0 Å². The second-order valence-electron chi connectivity index (χ2n) is 8.51. The zero-order valence-corrected chi connectivity index (χ0v) is 15.6. The first-order valence-electron chi connectivity index (χ1n) is 10.4. The number of nitrogens with zero attached hydrogens (tertiary/aromatic N) is 1. The molecule has 0 aromatic carbocycles. The number of piperazine rings is 1. The van der Waals surface area contributed by atoms with Gasteiger partial charge in [-0.15, -0.1) is 0 Å². The Morgan fingerprint density at radius 1 is 1.25 bits per heavy atom. The minimum absolute atomic E-state index is 0.0135. The number of fused-ring (bicyclic) bond motifs is 2. The van der Waals surface area contributed by atoms with Crippen LogP contribution in [-0.4, -0.2) is 50.1 Å². The van der Waals surface area contributed by atoms with Crippen LogP contribution in [0.4, 0.5) is 0 Å². The van der Waals surface area contributed by atoms with Gasteiger partial charge in [0.05, 0.1) is 0 Å². The van der Waals surface area contributed by atoms with Gasteiger partial charge in [-0.3, -0.25) is 4.79 Å². The maximum Gasteiger partial charge on any atom is 0.226 e. The summed E-state index contributed by atoms with van der Waals surface area (Å²) in [5, 5.41) is 6.71. The Bertz CT molecular complexity index is 408. The molecule has 4 heteroatoms. The number of nitrogens with one attached hydrogen (secondary N) is 2. The number of carbonyl (C=O) groups excluding carboxylic acids is 1. The zero-order chi connectivity index (χ0) is 16.8. The highest BCUT2D eigenvalue weighted by Crippen LogP contribution is 2.51. The Balaban J connectivity index is 1.39. The Morgan fingerprint density at radius 3 is 2.88 bits per heavy atom. The van der Waals surface area contributed by atoms with Crippen molar-refractivity contribution in [2.75, 3.05) is 39.3 Å². The lowest BCUT2D eigenvalue weighted by molar-refractivity contribution is -0.138. The fourth-order valence-corrected chi connectivity index (χ4v) is 5.37. The monoisotopic (exact) mass is 335 g/mol. The smallest absolute Gasteiger partial charge is 0.226 e. The molecule has 1 amide bonds. The second-order valence-corrected chi connectivity index (χ2v) is 8.51. The molecule has 0 aromatic heterocycles. The van der Waals surface area contributed by atoms with Crippen molar-refractivity contribution < 1.29 is 4.79 Å². The molecule has 24 heavy (non-hydrogen) atoms. The Hall–Kier alpha value is -0.610. The van der Waals surface area contributed by atoms with E-state index in [4.69, 9.17) is 0 Å².